The minimum atomic E-state index is -0.215. The van der Waals surface area contributed by atoms with Crippen molar-refractivity contribution in [1.82, 2.24) is 4.90 Å². The van der Waals surface area contributed by atoms with E-state index in [2.05, 4.69) is 11.9 Å². The Hall–Kier alpha value is -0.160. The normalized spacial score (nSPS) is 24.9. The van der Waals surface area contributed by atoms with Gasteiger partial charge in [-0.05, 0) is 38.8 Å². The van der Waals surface area contributed by atoms with Gasteiger partial charge in [-0.1, -0.05) is 0 Å². The van der Waals surface area contributed by atoms with Crippen LogP contribution in [0.3, 0.4) is 0 Å². The van der Waals surface area contributed by atoms with Crippen molar-refractivity contribution in [3.63, 3.8) is 0 Å². The van der Waals surface area contributed by atoms with Gasteiger partial charge in [0.2, 0.25) is 0 Å². The number of ether oxygens (including phenoxy) is 2. The number of aliphatic hydroxyl groups excluding tert-OH is 1. The first-order valence-electron chi connectivity index (χ1n) is 6.81. The van der Waals surface area contributed by atoms with Crippen LogP contribution >= 0.6 is 0 Å². The van der Waals surface area contributed by atoms with Gasteiger partial charge in [0.25, 0.3) is 0 Å². The first-order chi connectivity index (χ1) is 8.24. The predicted octanol–water partition coefficient (Wildman–Crippen LogP) is 1.23. The number of rotatable bonds is 5. The third kappa shape index (κ3) is 3.65. The van der Waals surface area contributed by atoms with E-state index in [-0.39, 0.29) is 12.4 Å². The van der Waals surface area contributed by atoms with Gasteiger partial charge in [-0.15, -0.1) is 0 Å². The van der Waals surface area contributed by atoms with E-state index in [1.54, 1.807) is 0 Å². The molecule has 17 heavy (non-hydrogen) atoms. The van der Waals surface area contributed by atoms with Crippen molar-refractivity contribution in [2.75, 3.05) is 40.0 Å². The van der Waals surface area contributed by atoms with Crippen LogP contribution in [0.2, 0.25) is 0 Å². The molecule has 0 amide bonds. The van der Waals surface area contributed by atoms with Gasteiger partial charge in [0, 0.05) is 19.4 Å². The molecule has 0 bridgehead atoms. The van der Waals surface area contributed by atoms with Crippen LogP contribution in [0.15, 0.2) is 0 Å². The lowest BCUT2D eigenvalue weighted by atomic mass is 9.83. The van der Waals surface area contributed by atoms with Gasteiger partial charge >= 0.3 is 0 Å². The summed E-state index contributed by atoms with van der Waals surface area (Å²) < 4.78 is 11.5. The van der Waals surface area contributed by atoms with Gasteiger partial charge in [-0.3, -0.25) is 0 Å². The van der Waals surface area contributed by atoms with Gasteiger partial charge < -0.3 is 19.5 Å². The summed E-state index contributed by atoms with van der Waals surface area (Å²) in [6.45, 7) is 3.66. The molecule has 1 saturated heterocycles. The average Bonchev–Trinajstić information content (AvgIpc) is 2.78. The zero-order valence-corrected chi connectivity index (χ0v) is 10.9. The molecule has 1 aliphatic heterocycles. The fourth-order valence-corrected chi connectivity index (χ4v) is 2.88. The van der Waals surface area contributed by atoms with Crippen LogP contribution in [0, 0.1) is 5.92 Å². The van der Waals surface area contributed by atoms with Crippen molar-refractivity contribution in [1.29, 1.82) is 0 Å². The lowest BCUT2D eigenvalue weighted by Gasteiger charge is -2.35. The molecule has 2 fully saturated rings. The van der Waals surface area contributed by atoms with Crippen molar-refractivity contribution in [2.24, 2.45) is 5.92 Å². The third-order valence-corrected chi connectivity index (χ3v) is 4.08. The fraction of sp³-hybridized carbons (Fsp3) is 1.00. The lowest BCUT2D eigenvalue weighted by molar-refractivity contribution is -0.182. The largest absolute Gasteiger partial charge is 0.395 e. The molecule has 0 radical (unpaired) electrons. The Labute approximate surface area is 104 Å². The maximum atomic E-state index is 8.84. The van der Waals surface area contributed by atoms with E-state index in [1.165, 1.54) is 19.3 Å². The van der Waals surface area contributed by atoms with Crippen LogP contribution in [0.4, 0.5) is 0 Å². The molecule has 1 spiro atoms. The summed E-state index contributed by atoms with van der Waals surface area (Å²) in [5.74, 6) is 0.586. The Morgan fingerprint density at radius 3 is 2.41 bits per heavy atom. The second-order valence-electron chi connectivity index (χ2n) is 5.37. The summed E-state index contributed by atoms with van der Waals surface area (Å²) in [6.07, 6.45) is 5.77. The molecule has 0 aromatic carbocycles. The van der Waals surface area contributed by atoms with Crippen molar-refractivity contribution in [3.8, 4) is 0 Å². The highest BCUT2D eigenvalue weighted by molar-refractivity contribution is 4.82. The molecule has 4 nitrogen and oxygen atoms in total. The molecule has 100 valence electrons. The van der Waals surface area contributed by atoms with Gasteiger partial charge in [0.1, 0.15) is 0 Å². The van der Waals surface area contributed by atoms with Crippen LogP contribution in [-0.4, -0.2) is 55.8 Å². The van der Waals surface area contributed by atoms with E-state index in [0.29, 0.717) is 0 Å². The first kappa shape index (κ1) is 13.3. The van der Waals surface area contributed by atoms with Gasteiger partial charge in [-0.2, -0.15) is 0 Å². The van der Waals surface area contributed by atoms with Crippen molar-refractivity contribution < 1.29 is 14.6 Å². The Balaban J connectivity index is 1.65. The molecular formula is C13H25NO3. The first-order valence-corrected chi connectivity index (χ1v) is 6.81. The molecule has 0 aromatic rings. The van der Waals surface area contributed by atoms with E-state index in [1.807, 2.05) is 0 Å². The summed E-state index contributed by atoms with van der Waals surface area (Å²) in [7, 11) is 2.07. The van der Waals surface area contributed by atoms with E-state index >= 15 is 0 Å². The molecule has 2 aliphatic rings. The molecule has 0 atom stereocenters. The highest BCUT2D eigenvalue weighted by Gasteiger charge is 2.39. The third-order valence-electron chi connectivity index (χ3n) is 4.08. The maximum Gasteiger partial charge on any atom is 0.168 e. The Morgan fingerprint density at radius 2 is 1.82 bits per heavy atom. The molecule has 0 unspecified atom stereocenters. The van der Waals surface area contributed by atoms with Crippen LogP contribution in [0.5, 0.6) is 0 Å². The predicted molar refractivity (Wildman–Crippen MR) is 65.8 cm³/mol. The molecule has 1 N–H and O–H groups in total. The van der Waals surface area contributed by atoms with E-state index in [9.17, 15) is 0 Å². The summed E-state index contributed by atoms with van der Waals surface area (Å²) in [5, 5.41) is 8.84. The van der Waals surface area contributed by atoms with Crippen molar-refractivity contribution >= 4 is 0 Å². The Bertz CT molecular complexity index is 219. The zero-order chi connectivity index (χ0) is 12.1. The monoisotopic (exact) mass is 243 g/mol. The smallest absolute Gasteiger partial charge is 0.168 e. The van der Waals surface area contributed by atoms with Crippen LogP contribution in [0.25, 0.3) is 0 Å². The molecular weight excluding hydrogens is 218 g/mol. The summed E-state index contributed by atoms with van der Waals surface area (Å²) >= 11 is 0. The molecule has 4 heteroatoms. The second-order valence-corrected chi connectivity index (χ2v) is 5.37. The maximum absolute atomic E-state index is 8.84. The van der Waals surface area contributed by atoms with Crippen LogP contribution < -0.4 is 0 Å². The zero-order valence-electron chi connectivity index (χ0n) is 10.9. The topological polar surface area (TPSA) is 41.9 Å². The Morgan fingerprint density at radius 1 is 1.18 bits per heavy atom. The van der Waals surface area contributed by atoms with E-state index < -0.39 is 0 Å². The van der Waals surface area contributed by atoms with Crippen LogP contribution in [0.1, 0.15) is 32.1 Å². The van der Waals surface area contributed by atoms with E-state index in [4.69, 9.17) is 14.6 Å². The molecule has 2 rings (SSSR count). The fourth-order valence-electron chi connectivity index (χ4n) is 2.88. The van der Waals surface area contributed by atoms with Crippen LogP contribution in [-0.2, 0) is 9.47 Å². The number of hydrogen-bond acceptors (Lipinski definition) is 4. The number of aliphatic hydroxyl groups is 1. The minimum absolute atomic E-state index is 0.215. The summed E-state index contributed by atoms with van der Waals surface area (Å²) in [5.41, 5.74) is 0. The molecule has 0 aromatic heterocycles. The lowest BCUT2D eigenvalue weighted by Crippen LogP contribution is -2.36. The molecule has 1 saturated carbocycles. The molecule has 1 heterocycles. The second kappa shape index (κ2) is 6.14. The van der Waals surface area contributed by atoms with Crippen molar-refractivity contribution in [3.05, 3.63) is 0 Å². The number of hydrogen-bond donors (Lipinski definition) is 1. The van der Waals surface area contributed by atoms with E-state index in [0.717, 1.165) is 45.1 Å². The quantitative estimate of drug-likeness (QED) is 0.788. The Kier molecular flexibility index (Phi) is 4.79. The number of nitrogens with zero attached hydrogens (tertiary/aromatic N) is 1. The molecule has 1 aliphatic carbocycles. The minimum Gasteiger partial charge on any atom is -0.395 e. The van der Waals surface area contributed by atoms with Crippen molar-refractivity contribution in [2.45, 2.75) is 37.9 Å². The highest BCUT2D eigenvalue weighted by Crippen LogP contribution is 2.39. The van der Waals surface area contributed by atoms with Gasteiger partial charge in [0.15, 0.2) is 5.79 Å². The highest BCUT2D eigenvalue weighted by atomic mass is 16.7. The summed E-state index contributed by atoms with van der Waals surface area (Å²) in [4.78, 5) is 2.20. The average molecular weight is 243 g/mol. The standard InChI is InChI=1S/C13H25NO3/c1-14(8-9-15)7-4-12-2-5-13(6-3-12)16-10-11-17-13/h12,15H,2-11H2,1H3. The van der Waals surface area contributed by atoms with Gasteiger partial charge in [-0.25, -0.2) is 0 Å². The SMILES string of the molecule is CN(CCO)CCC1CCC2(CC1)OCCO2. The number of likely N-dealkylation sites (N-methyl/N-ethyl adjacent to an activating group) is 1. The van der Waals surface area contributed by atoms with Gasteiger partial charge in [0.05, 0.1) is 19.8 Å². The summed E-state index contributed by atoms with van der Waals surface area (Å²) in [6, 6.07) is 0.